The molecule has 2 amide bonds. The molecule has 0 saturated carbocycles. The van der Waals surface area contributed by atoms with E-state index in [0.717, 1.165) is 24.1 Å². The van der Waals surface area contributed by atoms with Gasteiger partial charge in [0.1, 0.15) is 5.82 Å². The predicted molar refractivity (Wildman–Crippen MR) is 136 cm³/mol. The van der Waals surface area contributed by atoms with Crippen molar-refractivity contribution in [3.8, 4) is 0 Å². The molecule has 0 spiro atoms. The lowest BCUT2D eigenvalue weighted by molar-refractivity contribution is -0.135. The van der Waals surface area contributed by atoms with E-state index in [0.29, 0.717) is 30.2 Å². The largest absolute Gasteiger partial charge is 0.338 e. The summed E-state index contributed by atoms with van der Waals surface area (Å²) in [6.45, 7) is 4.43. The monoisotopic (exact) mass is 511 g/mol. The number of rotatable bonds is 4. The van der Waals surface area contributed by atoms with Crippen LogP contribution in [0.15, 0.2) is 60.0 Å². The van der Waals surface area contributed by atoms with Gasteiger partial charge in [-0.1, -0.05) is 23.7 Å². The van der Waals surface area contributed by atoms with Gasteiger partial charge in [-0.3, -0.25) is 14.5 Å². The highest BCUT2D eigenvalue weighted by Crippen LogP contribution is 2.37. The lowest BCUT2D eigenvalue weighted by Crippen LogP contribution is -2.57. The van der Waals surface area contributed by atoms with E-state index in [2.05, 4.69) is 16.3 Å². The van der Waals surface area contributed by atoms with Gasteiger partial charge in [-0.2, -0.15) is 0 Å². The van der Waals surface area contributed by atoms with Crippen LogP contribution in [-0.4, -0.2) is 65.3 Å². The predicted octanol–water partition coefficient (Wildman–Crippen LogP) is 4.86. The third-order valence-corrected chi connectivity index (χ3v) is 8.15. The number of nitrogens with zero attached hydrogens (tertiary/aromatic N) is 3. The zero-order valence-electron chi connectivity index (χ0n) is 19.5. The highest BCUT2D eigenvalue weighted by atomic mass is 35.5. The second-order valence-corrected chi connectivity index (χ2v) is 10.6. The molecule has 1 fully saturated rings. The van der Waals surface area contributed by atoms with E-state index < -0.39 is 0 Å². The van der Waals surface area contributed by atoms with E-state index in [-0.39, 0.29) is 36.3 Å². The normalized spacial score (nSPS) is 20.5. The maximum atomic E-state index is 14.1. The van der Waals surface area contributed by atoms with Crippen molar-refractivity contribution >= 4 is 34.8 Å². The average molecular weight is 512 g/mol. The van der Waals surface area contributed by atoms with Crippen LogP contribution in [0.25, 0.3) is 0 Å². The van der Waals surface area contributed by atoms with Crippen LogP contribution in [0.4, 0.5) is 4.39 Å². The van der Waals surface area contributed by atoms with Crippen LogP contribution in [0, 0.1) is 5.82 Å². The third-order valence-electron chi connectivity index (χ3n) is 6.90. The smallest absolute Gasteiger partial charge is 0.254 e. The van der Waals surface area contributed by atoms with Gasteiger partial charge in [0.2, 0.25) is 5.91 Å². The maximum absolute atomic E-state index is 14.1. The summed E-state index contributed by atoms with van der Waals surface area (Å²) in [6.07, 6.45) is 0.881. The fourth-order valence-electron chi connectivity index (χ4n) is 5.12. The second-order valence-electron chi connectivity index (χ2n) is 9.17. The zero-order valence-corrected chi connectivity index (χ0v) is 21.1. The molecule has 3 aromatic rings. The van der Waals surface area contributed by atoms with E-state index in [1.165, 1.54) is 10.9 Å². The first-order chi connectivity index (χ1) is 16.9. The quantitative estimate of drug-likeness (QED) is 0.502. The van der Waals surface area contributed by atoms with Crippen LogP contribution in [0.1, 0.15) is 39.3 Å². The molecule has 1 aromatic heterocycles. The van der Waals surface area contributed by atoms with Crippen LogP contribution < -0.4 is 0 Å². The number of hydrogen-bond donors (Lipinski definition) is 0. The number of amides is 2. The van der Waals surface area contributed by atoms with E-state index in [4.69, 9.17) is 11.6 Å². The molecule has 2 atom stereocenters. The number of benzene rings is 2. The number of halogens is 2. The SMILES string of the molecule is C[C@H]1CN(C(=O)CN2CCc3sccc3[C@@H]2c2cccc(F)c2)CCN1C(=O)c1ccc(Cl)cc1. The zero-order chi connectivity index (χ0) is 24.5. The lowest BCUT2D eigenvalue weighted by atomic mass is 9.93. The highest BCUT2D eigenvalue weighted by molar-refractivity contribution is 7.10. The number of thiophene rings is 1. The van der Waals surface area contributed by atoms with Crippen molar-refractivity contribution in [2.45, 2.75) is 25.4 Å². The molecule has 182 valence electrons. The van der Waals surface area contributed by atoms with Gasteiger partial charge in [0, 0.05) is 47.7 Å². The van der Waals surface area contributed by atoms with Crippen molar-refractivity contribution < 1.29 is 14.0 Å². The van der Waals surface area contributed by atoms with Gasteiger partial charge in [0.25, 0.3) is 5.91 Å². The number of piperazine rings is 1. The molecule has 0 N–H and O–H groups in total. The highest BCUT2D eigenvalue weighted by Gasteiger charge is 2.34. The van der Waals surface area contributed by atoms with Crippen molar-refractivity contribution in [2.24, 2.45) is 0 Å². The molecule has 3 heterocycles. The Morgan fingerprint density at radius 1 is 1.09 bits per heavy atom. The van der Waals surface area contributed by atoms with E-state index >= 15 is 0 Å². The molecule has 0 bridgehead atoms. The summed E-state index contributed by atoms with van der Waals surface area (Å²) in [6, 6.07) is 15.4. The third kappa shape index (κ3) is 4.99. The topological polar surface area (TPSA) is 43.9 Å². The van der Waals surface area contributed by atoms with Gasteiger partial charge in [-0.05, 0) is 72.3 Å². The van der Waals surface area contributed by atoms with Crippen LogP contribution in [0.2, 0.25) is 5.02 Å². The Hall–Kier alpha value is -2.74. The average Bonchev–Trinajstić information content (AvgIpc) is 3.32. The Kier molecular flexibility index (Phi) is 6.91. The fraction of sp³-hybridized carbons (Fsp3) is 0.333. The summed E-state index contributed by atoms with van der Waals surface area (Å²) >= 11 is 7.67. The van der Waals surface area contributed by atoms with Crippen molar-refractivity contribution in [1.29, 1.82) is 0 Å². The van der Waals surface area contributed by atoms with E-state index in [1.54, 1.807) is 47.7 Å². The molecular weight excluding hydrogens is 485 g/mol. The Morgan fingerprint density at radius 2 is 1.89 bits per heavy atom. The molecule has 5 rings (SSSR count). The summed E-state index contributed by atoms with van der Waals surface area (Å²) < 4.78 is 14.1. The first-order valence-corrected chi connectivity index (χ1v) is 13.1. The fourth-order valence-corrected chi connectivity index (χ4v) is 6.15. The molecule has 0 unspecified atom stereocenters. The van der Waals surface area contributed by atoms with E-state index in [1.807, 2.05) is 22.8 Å². The molecule has 35 heavy (non-hydrogen) atoms. The lowest BCUT2D eigenvalue weighted by Gasteiger charge is -2.42. The van der Waals surface area contributed by atoms with Crippen molar-refractivity contribution in [3.63, 3.8) is 0 Å². The standard InChI is InChI=1S/C27H27ClFN3O2S/c1-18-16-30(12-13-32(18)27(34)19-5-7-21(28)8-6-19)25(33)17-31-11-9-24-23(10-14-35-24)26(31)20-3-2-4-22(29)15-20/h2-8,10,14-15,18,26H,9,11-13,16-17H2,1H3/t18-,26-/m0/s1. The van der Waals surface area contributed by atoms with Gasteiger partial charge in [0.05, 0.1) is 12.6 Å². The summed E-state index contributed by atoms with van der Waals surface area (Å²) in [4.78, 5) is 33.5. The molecule has 2 aromatic carbocycles. The summed E-state index contributed by atoms with van der Waals surface area (Å²) in [5.74, 6) is -0.282. The van der Waals surface area contributed by atoms with Crippen molar-refractivity contribution in [2.75, 3.05) is 32.7 Å². The van der Waals surface area contributed by atoms with Crippen LogP contribution in [0.3, 0.4) is 0 Å². The summed E-state index contributed by atoms with van der Waals surface area (Å²) in [7, 11) is 0. The number of carbonyl (C=O) groups is 2. The van der Waals surface area contributed by atoms with Crippen LogP contribution in [0.5, 0.6) is 0 Å². The second kappa shape index (κ2) is 10.1. The Bertz CT molecular complexity index is 1230. The minimum Gasteiger partial charge on any atom is -0.338 e. The van der Waals surface area contributed by atoms with Gasteiger partial charge in [0.15, 0.2) is 0 Å². The summed E-state index contributed by atoms with van der Waals surface area (Å²) in [5.41, 5.74) is 2.62. The minimum absolute atomic E-state index is 0.0375. The molecule has 2 aliphatic rings. The molecule has 0 aliphatic carbocycles. The van der Waals surface area contributed by atoms with Gasteiger partial charge in [-0.15, -0.1) is 11.3 Å². The van der Waals surface area contributed by atoms with Gasteiger partial charge >= 0.3 is 0 Å². The summed E-state index contributed by atoms with van der Waals surface area (Å²) in [5, 5.41) is 2.66. The van der Waals surface area contributed by atoms with Crippen molar-refractivity contribution in [1.82, 2.24) is 14.7 Å². The van der Waals surface area contributed by atoms with Gasteiger partial charge < -0.3 is 9.80 Å². The molecule has 0 radical (unpaired) electrons. The van der Waals surface area contributed by atoms with Crippen molar-refractivity contribution in [3.05, 3.63) is 92.4 Å². The van der Waals surface area contributed by atoms with E-state index in [9.17, 15) is 14.0 Å². The molecule has 2 aliphatic heterocycles. The Morgan fingerprint density at radius 3 is 2.63 bits per heavy atom. The molecule has 5 nitrogen and oxygen atoms in total. The number of hydrogen-bond acceptors (Lipinski definition) is 4. The number of carbonyl (C=O) groups excluding carboxylic acids is 2. The number of fused-ring (bicyclic) bond motifs is 1. The Labute approximate surface area is 213 Å². The first-order valence-electron chi connectivity index (χ1n) is 11.8. The maximum Gasteiger partial charge on any atom is 0.254 e. The van der Waals surface area contributed by atoms with Crippen LogP contribution in [-0.2, 0) is 11.2 Å². The first kappa shape index (κ1) is 24.0. The van der Waals surface area contributed by atoms with Crippen LogP contribution >= 0.6 is 22.9 Å². The molecule has 8 heteroatoms. The molecule has 1 saturated heterocycles. The Balaban J connectivity index is 1.28. The van der Waals surface area contributed by atoms with Gasteiger partial charge in [-0.25, -0.2) is 4.39 Å². The molecular formula is C27H27ClFN3O2S. The minimum atomic E-state index is -0.272.